The Hall–Kier alpha value is -0.770. The molecule has 1 aliphatic rings. The van der Waals surface area contributed by atoms with Crippen LogP contribution in [0.3, 0.4) is 0 Å². The molecule has 1 heterocycles. The molecule has 0 saturated carbocycles. The van der Waals surface area contributed by atoms with Crippen molar-refractivity contribution in [1.82, 2.24) is 5.32 Å². The SMILES string of the molecule is CCNC1(C)OCOc2cccc1c2.Cl. The van der Waals surface area contributed by atoms with Crippen molar-refractivity contribution in [2.45, 2.75) is 19.6 Å². The average molecular weight is 230 g/mol. The Bertz CT molecular complexity index is 332. The van der Waals surface area contributed by atoms with Crippen molar-refractivity contribution in [2.24, 2.45) is 0 Å². The molecule has 0 aromatic heterocycles. The van der Waals surface area contributed by atoms with Crippen LogP contribution in [0.4, 0.5) is 0 Å². The van der Waals surface area contributed by atoms with Crippen LogP contribution in [-0.2, 0) is 10.5 Å². The van der Waals surface area contributed by atoms with Crippen molar-refractivity contribution in [2.75, 3.05) is 13.3 Å². The summed E-state index contributed by atoms with van der Waals surface area (Å²) in [6, 6.07) is 7.97. The molecule has 2 bridgehead atoms. The maximum absolute atomic E-state index is 5.65. The van der Waals surface area contributed by atoms with Crippen LogP contribution in [0.5, 0.6) is 5.75 Å². The van der Waals surface area contributed by atoms with Gasteiger partial charge in [-0.15, -0.1) is 12.4 Å². The fourth-order valence-electron chi connectivity index (χ4n) is 1.67. The second-order valence-corrected chi connectivity index (χ2v) is 3.50. The van der Waals surface area contributed by atoms with Gasteiger partial charge in [0.2, 0.25) is 0 Å². The molecule has 1 N–H and O–H groups in total. The number of benzene rings is 1. The van der Waals surface area contributed by atoms with Crippen LogP contribution in [0.15, 0.2) is 24.3 Å². The summed E-state index contributed by atoms with van der Waals surface area (Å²) in [5, 5.41) is 3.31. The normalized spacial score (nSPS) is 23.6. The first kappa shape index (κ1) is 12.3. The molecule has 0 radical (unpaired) electrons. The van der Waals surface area contributed by atoms with Gasteiger partial charge in [-0.05, 0) is 25.6 Å². The van der Waals surface area contributed by atoms with E-state index in [0.717, 1.165) is 17.9 Å². The zero-order chi connectivity index (χ0) is 10.0. The molecule has 1 aromatic rings. The molecule has 2 rings (SSSR count). The molecule has 1 unspecified atom stereocenters. The Labute approximate surface area is 96.2 Å². The number of nitrogens with one attached hydrogen (secondary N) is 1. The van der Waals surface area contributed by atoms with Gasteiger partial charge in [-0.25, -0.2) is 0 Å². The van der Waals surface area contributed by atoms with E-state index in [1.807, 2.05) is 31.2 Å². The molecular formula is C11H16ClNO2. The van der Waals surface area contributed by atoms with Crippen LogP contribution < -0.4 is 10.1 Å². The van der Waals surface area contributed by atoms with Crippen LogP contribution in [0.25, 0.3) is 0 Å². The van der Waals surface area contributed by atoms with E-state index in [-0.39, 0.29) is 19.2 Å². The maximum atomic E-state index is 5.65. The molecule has 4 heteroatoms. The van der Waals surface area contributed by atoms with Gasteiger partial charge in [0.25, 0.3) is 0 Å². The molecule has 1 atom stereocenters. The molecule has 0 saturated heterocycles. The highest BCUT2D eigenvalue weighted by Gasteiger charge is 2.28. The predicted molar refractivity (Wildman–Crippen MR) is 61.3 cm³/mol. The number of ether oxygens (including phenoxy) is 2. The summed E-state index contributed by atoms with van der Waals surface area (Å²) in [5.74, 6) is 0.865. The summed E-state index contributed by atoms with van der Waals surface area (Å²) in [6.45, 7) is 5.23. The lowest BCUT2D eigenvalue weighted by Crippen LogP contribution is -2.42. The van der Waals surface area contributed by atoms with Crippen molar-refractivity contribution in [3.63, 3.8) is 0 Å². The highest BCUT2D eigenvalue weighted by Crippen LogP contribution is 2.28. The van der Waals surface area contributed by atoms with E-state index < -0.39 is 5.72 Å². The maximum Gasteiger partial charge on any atom is 0.191 e. The molecule has 84 valence electrons. The molecular weight excluding hydrogens is 214 g/mol. The lowest BCUT2D eigenvalue weighted by atomic mass is 10.0. The highest BCUT2D eigenvalue weighted by atomic mass is 35.5. The first-order chi connectivity index (χ1) is 6.74. The van der Waals surface area contributed by atoms with E-state index in [4.69, 9.17) is 9.47 Å². The van der Waals surface area contributed by atoms with Gasteiger partial charge in [-0.1, -0.05) is 19.1 Å². The lowest BCUT2D eigenvalue weighted by molar-refractivity contribution is -0.114. The molecule has 1 aliphatic heterocycles. The molecule has 15 heavy (non-hydrogen) atoms. The Kier molecular flexibility index (Phi) is 3.97. The van der Waals surface area contributed by atoms with Gasteiger partial charge in [0.1, 0.15) is 11.5 Å². The second kappa shape index (κ2) is 4.84. The number of hydrogen-bond donors (Lipinski definition) is 1. The summed E-state index contributed by atoms with van der Waals surface area (Å²) in [7, 11) is 0. The van der Waals surface area contributed by atoms with Crippen LogP contribution in [-0.4, -0.2) is 13.3 Å². The van der Waals surface area contributed by atoms with Gasteiger partial charge in [0.05, 0.1) is 0 Å². The van der Waals surface area contributed by atoms with Gasteiger partial charge < -0.3 is 9.47 Å². The van der Waals surface area contributed by atoms with E-state index >= 15 is 0 Å². The van der Waals surface area contributed by atoms with Gasteiger partial charge in [-0.2, -0.15) is 0 Å². The van der Waals surface area contributed by atoms with E-state index in [1.54, 1.807) is 0 Å². The zero-order valence-corrected chi connectivity index (χ0v) is 9.76. The fraction of sp³-hybridized carbons (Fsp3) is 0.455. The molecule has 1 aromatic carbocycles. The number of fused-ring (bicyclic) bond motifs is 2. The Morgan fingerprint density at radius 1 is 1.47 bits per heavy atom. The standard InChI is InChI=1S/C11H15NO2.ClH/c1-3-12-11(2)9-5-4-6-10(7-9)13-8-14-11;/h4-7,12H,3,8H2,1-2H3;1H. The molecule has 0 spiro atoms. The molecule has 3 nitrogen and oxygen atoms in total. The first-order valence-corrected chi connectivity index (χ1v) is 4.87. The predicted octanol–water partition coefficient (Wildman–Crippen LogP) is 2.26. The third-order valence-corrected chi connectivity index (χ3v) is 2.47. The number of rotatable bonds is 2. The summed E-state index contributed by atoms with van der Waals surface area (Å²) in [5.41, 5.74) is 0.677. The molecule has 0 aliphatic carbocycles. The van der Waals surface area contributed by atoms with Crippen LogP contribution >= 0.6 is 12.4 Å². The minimum atomic E-state index is -0.429. The largest absolute Gasteiger partial charge is 0.467 e. The molecule has 0 amide bonds. The highest BCUT2D eigenvalue weighted by molar-refractivity contribution is 5.85. The van der Waals surface area contributed by atoms with Crippen molar-refractivity contribution >= 4 is 12.4 Å². The monoisotopic (exact) mass is 229 g/mol. The quantitative estimate of drug-likeness (QED) is 0.844. The van der Waals surface area contributed by atoms with E-state index in [9.17, 15) is 0 Å². The van der Waals surface area contributed by atoms with Gasteiger partial charge in [0.15, 0.2) is 6.79 Å². The van der Waals surface area contributed by atoms with Crippen molar-refractivity contribution in [3.8, 4) is 5.75 Å². The van der Waals surface area contributed by atoms with Gasteiger partial charge in [0, 0.05) is 5.56 Å². The summed E-state index contributed by atoms with van der Waals surface area (Å²) in [4.78, 5) is 0. The number of hydrogen-bond acceptors (Lipinski definition) is 3. The van der Waals surface area contributed by atoms with Crippen LogP contribution in [0.1, 0.15) is 19.4 Å². The van der Waals surface area contributed by atoms with Crippen molar-refractivity contribution in [1.29, 1.82) is 0 Å². The smallest absolute Gasteiger partial charge is 0.191 e. The average Bonchev–Trinajstić information content (AvgIpc) is 2.27. The van der Waals surface area contributed by atoms with Crippen LogP contribution in [0, 0.1) is 0 Å². The van der Waals surface area contributed by atoms with E-state index in [2.05, 4.69) is 12.2 Å². The zero-order valence-electron chi connectivity index (χ0n) is 8.95. The van der Waals surface area contributed by atoms with Crippen LogP contribution in [0.2, 0.25) is 0 Å². The third-order valence-electron chi connectivity index (χ3n) is 2.47. The third kappa shape index (κ3) is 2.43. The lowest BCUT2D eigenvalue weighted by Gasteiger charge is -2.28. The summed E-state index contributed by atoms with van der Waals surface area (Å²) < 4.78 is 11.0. The van der Waals surface area contributed by atoms with Gasteiger partial charge >= 0.3 is 0 Å². The minimum absolute atomic E-state index is 0. The molecule has 0 fully saturated rings. The Balaban J connectivity index is 0.00000112. The van der Waals surface area contributed by atoms with E-state index in [0.29, 0.717) is 0 Å². The second-order valence-electron chi connectivity index (χ2n) is 3.50. The van der Waals surface area contributed by atoms with Crippen molar-refractivity contribution in [3.05, 3.63) is 29.8 Å². The topological polar surface area (TPSA) is 30.5 Å². The summed E-state index contributed by atoms with van der Waals surface area (Å²) >= 11 is 0. The first-order valence-electron chi connectivity index (χ1n) is 4.87. The fourth-order valence-corrected chi connectivity index (χ4v) is 1.67. The van der Waals surface area contributed by atoms with Gasteiger partial charge in [-0.3, -0.25) is 5.32 Å². The summed E-state index contributed by atoms with van der Waals surface area (Å²) in [6.07, 6.45) is 0. The van der Waals surface area contributed by atoms with E-state index in [1.165, 1.54) is 0 Å². The Morgan fingerprint density at radius 3 is 3.00 bits per heavy atom. The Morgan fingerprint density at radius 2 is 2.27 bits per heavy atom. The minimum Gasteiger partial charge on any atom is -0.467 e. The van der Waals surface area contributed by atoms with Crippen molar-refractivity contribution < 1.29 is 9.47 Å². The number of halogens is 1.